The average Bonchev–Trinajstić information content (AvgIpc) is 3.08. The van der Waals surface area contributed by atoms with Gasteiger partial charge in [-0.2, -0.15) is 0 Å². The van der Waals surface area contributed by atoms with Gasteiger partial charge in [0.25, 0.3) is 0 Å². The molecule has 1 aromatic heterocycles. The second kappa shape index (κ2) is 8.29. The third-order valence-electron chi connectivity index (χ3n) is 4.04. The van der Waals surface area contributed by atoms with Crippen molar-refractivity contribution in [3.63, 3.8) is 0 Å². The third kappa shape index (κ3) is 4.27. The number of ether oxygens (including phenoxy) is 3. The maximum Gasteiger partial charge on any atom is 0.224 e. The summed E-state index contributed by atoms with van der Waals surface area (Å²) in [5.41, 5.74) is 2.02. The molecule has 3 rings (SSSR count). The first-order chi connectivity index (χ1) is 12.7. The van der Waals surface area contributed by atoms with Gasteiger partial charge in [-0.05, 0) is 11.6 Å². The highest BCUT2D eigenvalue weighted by molar-refractivity contribution is 5.88. The molecule has 1 heterocycles. The average molecular weight is 354 g/mol. The number of H-pyrrole nitrogens is 1. The van der Waals surface area contributed by atoms with Crippen LogP contribution in [0.2, 0.25) is 0 Å². The maximum atomic E-state index is 12.1. The Morgan fingerprint density at radius 2 is 1.73 bits per heavy atom. The van der Waals surface area contributed by atoms with E-state index in [1.807, 2.05) is 30.5 Å². The van der Waals surface area contributed by atoms with Gasteiger partial charge in [0.1, 0.15) is 23.9 Å². The number of nitrogens with one attached hydrogen (secondary N) is 2. The number of carbonyl (C=O) groups is 1. The van der Waals surface area contributed by atoms with E-state index in [4.69, 9.17) is 14.2 Å². The van der Waals surface area contributed by atoms with Gasteiger partial charge in [-0.1, -0.05) is 18.2 Å². The second-order valence-corrected chi connectivity index (χ2v) is 5.78. The molecule has 6 heteroatoms. The number of aromatic nitrogens is 1. The number of hydrogen-bond acceptors (Lipinski definition) is 4. The molecule has 2 N–H and O–H groups in total. The summed E-state index contributed by atoms with van der Waals surface area (Å²) < 4.78 is 16.1. The molecule has 0 saturated heterocycles. The summed E-state index contributed by atoms with van der Waals surface area (Å²) >= 11 is 0. The second-order valence-electron chi connectivity index (χ2n) is 5.78. The van der Waals surface area contributed by atoms with E-state index in [1.54, 1.807) is 32.4 Å². The van der Waals surface area contributed by atoms with Crippen LogP contribution in [-0.4, -0.2) is 38.3 Å². The largest absolute Gasteiger partial charge is 0.496 e. The first-order valence-electron chi connectivity index (χ1n) is 8.37. The fraction of sp³-hybridized carbons (Fsp3) is 0.250. The van der Waals surface area contributed by atoms with Crippen molar-refractivity contribution in [1.29, 1.82) is 0 Å². The summed E-state index contributed by atoms with van der Waals surface area (Å²) in [4.78, 5) is 15.3. The van der Waals surface area contributed by atoms with Gasteiger partial charge < -0.3 is 24.5 Å². The Balaban J connectivity index is 1.48. The molecule has 0 aliphatic rings. The number of methoxy groups -OCH3 is 2. The quantitative estimate of drug-likeness (QED) is 0.610. The van der Waals surface area contributed by atoms with Crippen molar-refractivity contribution in [3.05, 3.63) is 54.2 Å². The smallest absolute Gasteiger partial charge is 0.224 e. The van der Waals surface area contributed by atoms with Crippen molar-refractivity contribution in [2.45, 2.75) is 6.42 Å². The number of aromatic amines is 1. The minimum atomic E-state index is -0.0402. The first kappa shape index (κ1) is 17.7. The lowest BCUT2D eigenvalue weighted by atomic mass is 10.1. The molecule has 0 spiro atoms. The predicted molar refractivity (Wildman–Crippen MR) is 100 cm³/mol. The van der Waals surface area contributed by atoms with Crippen LogP contribution < -0.4 is 19.5 Å². The van der Waals surface area contributed by atoms with Crippen molar-refractivity contribution in [1.82, 2.24) is 10.3 Å². The number of benzene rings is 2. The minimum absolute atomic E-state index is 0.0402. The SMILES string of the molecule is COc1cc(OC)cc(OCCNC(=O)Cc2c[nH]c3ccccc23)c1. The zero-order valence-electron chi connectivity index (χ0n) is 14.9. The van der Waals surface area contributed by atoms with E-state index in [0.29, 0.717) is 36.8 Å². The molecule has 0 fully saturated rings. The molecule has 0 aliphatic heterocycles. The van der Waals surface area contributed by atoms with Crippen LogP contribution in [0.25, 0.3) is 10.9 Å². The summed E-state index contributed by atoms with van der Waals surface area (Å²) in [6.45, 7) is 0.774. The molecule has 0 unspecified atom stereocenters. The van der Waals surface area contributed by atoms with Crippen LogP contribution >= 0.6 is 0 Å². The van der Waals surface area contributed by atoms with Gasteiger partial charge in [0.2, 0.25) is 5.91 Å². The number of rotatable bonds is 8. The van der Waals surface area contributed by atoms with Crippen molar-refractivity contribution < 1.29 is 19.0 Å². The molecular weight excluding hydrogens is 332 g/mol. The summed E-state index contributed by atoms with van der Waals surface area (Å²) in [7, 11) is 3.17. The Morgan fingerprint density at radius 1 is 1.04 bits per heavy atom. The van der Waals surface area contributed by atoms with Gasteiger partial charge in [-0.15, -0.1) is 0 Å². The van der Waals surface area contributed by atoms with Crippen LogP contribution in [0, 0.1) is 0 Å². The van der Waals surface area contributed by atoms with Gasteiger partial charge in [-0.3, -0.25) is 4.79 Å². The van der Waals surface area contributed by atoms with Gasteiger partial charge in [0.15, 0.2) is 0 Å². The molecule has 0 atom stereocenters. The standard InChI is InChI=1S/C20H22N2O4/c1-24-15-10-16(25-2)12-17(11-15)26-8-7-21-20(23)9-14-13-22-19-6-4-3-5-18(14)19/h3-6,10-13,22H,7-9H2,1-2H3,(H,21,23). The predicted octanol–water partition coefficient (Wildman–Crippen LogP) is 2.92. The Hall–Kier alpha value is -3.15. The maximum absolute atomic E-state index is 12.1. The van der Waals surface area contributed by atoms with Crippen LogP contribution in [0.4, 0.5) is 0 Å². The Morgan fingerprint density at radius 3 is 2.46 bits per heavy atom. The van der Waals surface area contributed by atoms with Gasteiger partial charge in [0.05, 0.1) is 27.2 Å². The van der Waals surface area contributed by atoms with Crippen LogP contribution in [0.3, 0.4) is 0 Å². The highest BCUT2D eigenvalue weighted by atomic mass is 16.5. The van der Waals surface area contributed by atoms with Crippen LogP contribution in [0.15, 0.2) is 48.7 Å². The van der Waals surface area contributed by atoms with Crippen molar-refractivity contribution in [3.8, 4) is 17.2 Å². The fourth-order valence-corrected chi connectivity index (χ4v) is 2.74. The van der Waals surface area contributed by atoms with E-state index in [9.17, 15) is 4.79 Å². The monoisotopic (exact) mass is 354 g/mol. The van der Waals surface area contributed by atoms with Crippen LogP contribution in [0.5, 0.6) is 17.2 Å². The topological polar surface area (TPSA) is 72.6 Å². The number of amides is 1. The van der Waals surface area contributed by atoms with Crippen LogP contribution in [0.1, 0.15) is 5.56 Å². The number of fused-ring (bicyclic) bond motifs is 1. The van der Waals surface area contributed by atoms with Crippen molar-refractivity contribution in [2.75, 3.05) is 27.4 Å². The number of para-hydroxylation sites is 1. The molecule has 2 aromatic carbocycles. The highest BCUT2D eigenvalue weighted by Crippen LogP contribution is 2.27. The summed E-state index contributed by atoms with van der Waals surface area (Å²) in [6, 6.07) is 13.3. The molecule has 0 saturated carbocycles. The Labute approximate surface area is 152 Å². The number of hydrogen-bond donors (Lipinski definition) is 2. The zero-order valence-corrected chi connectivity index (χ0v) is 14.9. The van der Waals surface area contributed by atoms with E-state index in [1.165, 1.54) is 0 Å². The Bertz CT molecular complexity index is 866. The fourth-order valence-electron chi connectivity index (χ4n) is 2.74. The molecule has 26 heavy (non-hydrogen) atoms. The lowest BCUT2D eigenvalue weighted by Crippen LogP contribution is -2.29. The van der Waals surface area contributed by atoms with Gasteiger partial charge in [-0.25, -0.2) is 0 Å². The molecule has 6 nitrogen and oxygen atoms in total. The zero-order chi connectivity index (χ0) is 18.4. The van der Waals surface area contributed by atoms with E-state index in [0.717, 1.165) is 16.5 Å². The molecular formula is C20H22N2O4. The first-order valence-corrected chi connectivity index (χ1v) is 8.37. The highest BCUT2D eigenvalue weighted by Gasteiger charge is 2.08. The molecule has 136 valence electrons. The number of carbonyl (C=O) groups excluding carboxylic acids is 1. The van der Waals surface area contributed by atoms with E-state index in [-0.39, 0.29) is 5.91 Å². The van der Waals surface area contributed by atoms with Crippen molar-refractivity contribution in [2.24, 2.45) is 0 Å². The lowest BCUT2D eigenvalue weighted by molar-refractivity contribution is -0.120. The summed E-state index contributed by atoms with van der Waals surface area (Å²) in [5, 5.41) is 3.94. The minimum Gasteiger partial charge on any atom is -0.496 e. The molecule has 0 bridgehead atoms. The molecule has 0 aliphatic carbocycles. The lowest BCUT2D eigenvalue weighted by Gasteiger charge is -2.11. The summed E-state index contributed by atoms with van der Waals surface area (Å²) in [6.07, 6.45) is 2.21. The molecule has 1 amide bonds. The normalized spacial score (nSPS) is 10.5. The molecule has 3 aromatic rings. The van der Waals surface area contributed by atoms with E-state index < -0.39 is 0 Å². The Kier molecular flexibility index (Phi) is 5.63. The van der Waals surface area contributed by atoms with Crippen LogP contribution in [-0.2, 0) is 11.2 Å². The van der Waals surface area contributed by atoms with Gasteiger partial charge in [0, 0.05) is 35.3 Å². The molecule has 0 radical (unpaired) electrons. The van der Waals surface area contributed by atoms with E-state index >= 15 is 0 Å². The van der Waals surface area contributed by atoms with E-state index in [2.05, 4.69) is 10.3 Å². The van der Waals surface area contributed by atoms with Crippen molar-refractivity contribution >= 4 is 16.8 Å². The summed E-state index contributed by atoms with van der Waals surface area (Å²) in [5.74, 6) is 1.90. The third-order valence-corrected chi connectivity index (χ3v) is 4.04. The van der Waals surface area contributed by atoms with Gasteiger partial charge >= 0.3 is 0 Å².